The van der Waals surface area contributed by atoms with Crippen molar-refractivity contribution in [1.82, 2.24) is 15.3 Å². The van der Waals surface area contributed by atoms with Gasteiger partial charge in [0.25, 0.3) is 5.91 Å². The summed E-state index contributed by atoms with van der Waals surface area (Å²) in [4.78, 5) is 23.5. The summed E-state index contributed by atoms with van der Waals surface area (Å²) in [5.74, 6) is 0.0838. The van der Waals surface area contributed by atoms with E-state index in [2.05, 4.69) is 5.32 Å². The van der Waals surface area contributed by atoms with Gasteiger partial charge in [-0.3, -0.25) is 9.80 Å². The average molecular weight is 313 g/mol. The first-order chi connectivity index (χ1) is 7.39. The number of hydrogen-bond donors (Lipinski definition) is 1. The molecule has 0 spiro atoms. The molecule has 0 bridgehead atoms. The Morgan fingerprint density at radius 2 is 2.06 bits per heavy atom. The zero-order valence-corrected chi connectivity index (χ0v) is 13.6. The fraction of sp³-hybridized carbons (Fsp3) is 0.818. The second-order valence-electron chi connectivity index (χ2n) is 5.20. The first-order valence-corrected chi connectivity index (χ1v) is 5.57. The first kappa shape index (κ1) is 15.2. The summed E-state index contributed by atoms with van der Waals surface area (Å²) in [5, 5.41) is 6.57. The molecule has 2 aliphatic heterocycles. The maximum Gasteiger partial charge on any atom is 3.00 e. The molecule has 0 aromatic carbocycles. The van der Waals surface area contributed by atoms with Gasteiger partial charge < -0.3 is 10.1 Å². The fourth-order valence-electron chi connectivity index (χ4n) is 2.55. The average Bonchev–Trinajstić information content (AvgIpc) is 2.64. The molecule has 0 saturated carbocycles. The van der Waals surface area contributed by atoms with Crippen LogP contribution in [-0.2, 0) is 42.3 Å². The molecule has 2 fully saturated rings. The summed E-state index contributed by atoms with van der Waals surface area (Å²) in [6.45, 7) is 6.97. The van der Waals surface area contributed by atoms with Gasteiger partial charge in [-0.25, -0.2) is 11.3 Å². The Kier molecular flexibility index (Phi) is 4.20. The molecular weight excluding hydrogens is 295 g/mol. The van der Waals surface area contributed by atoms with E-state index in [4.69, 9.17) is 0 Å². The van der Waals surface area contributed by atoms with Gasteiger partial charge in [0.2, 0.25) is 0 Å². The predicted molar refractivity (Wildman–Crippen MR) is 59.1 cm³/mol. The number of amides is 1. The van der Waals surface area contributed by atoms with E-state index in [1.165, 1.54) is 0 Å². The third-order valence-corrected chi connectivity index (χ3v) is 4.09. The van der Waals surface area contributed by atoms with Gasteiger partial charge in [0.1, 0.15) is 5.54 Å². The Hall–Kier alpha value is 0.164. The van der Waals surface area contributed by atoms with Crippen LogP contribution in [0.3, 0.4) is 0 Å². The van der Waals surface area contributed by atoms with Gasteiger partial charge >= 0.3 is 32.7 Å². The van der Waals surface area contributed by atoms with Crippen LogP contribution in [0.5, 0.6) is 0 Å². The van der Waals surface area contributed by atoms with Crippen LogP contribution in [0.4, 0.5) is 0 Å². The van der Waals surface area contributed by atoms with Crippen LogP contribution in [0, 0.1) is 5.92 Å². The third-order valence-electron chi connectivity index (χ3n) is 4.09. The maximum atomic E-state index is 12.3. The molecule has 2 heterocycles. The van der Waals surface area contributed by atoms with Gasteiger partial charge in [-0.15, -0.1) is 0 Å². The Morgan fingerprint density at radius 1 is 1.47 bits per heavy atom. The number of likely N-dealkylation sites (N-methyl/N-ethyl adjacent to an activating group) is 1. The van der Waals surface area contributed by atoms with Crippen molar-refractivity contribution in [3.05, 3.63) is 0 Å². The topological polar surface area (TPSA) is 52.7 Å². The summed E-state index contributed by atoms with van der Waals surface area (Å²) < 4.78 is 0. The predicted octanol–water partition coefficient (Wildman–Crippen LogP) is -0.461. The number of carbonyl (C=O) groups is 1. The van der Waals surface area contributed by atoms with Crippen molar-refractivity contribution in [2.45, 2.75) is 31.8 Å². The number of hydrazine groups is 1. The van der Waals surface area contributed by atoms with E-state index < -0.39 is 11.1 Å². The summed E-state index contributed by atoms with van der Waals surface area (Å²) >= 11 is 0. The van der Waals surface area contributed by atoms with Crippen LogP contribution in [-0.4, -0.2) is 53.4 Å². The largest absolute Gasteiger partial charge is 3.00 e. The van der Waals surface area contributed by atoms with Crippen molar-refractivity contribution in [3.8, 4) is 0 Å². The molecule has 1 N–H and O–H groups in total. The minimum atomic E-state index is -0.814. The Balaban J connectivity index is 0.00000144. The molecule has 2 aliphatic rings. The van der Waals surface area contributed by atoms with E-state index in [0.29, 0.717) is 6.54 Å². The van der Waals surface area contributed by atoms with Crippen LogP contribution in [0.25, 0.3) is 0 Å². The molecule has 2 rings (SSSR count). The molecule has 0 aliphatic carbocycles. The monoisotopic (exact) mass is 313 g/mol. The maximum absolute atomic E-state index is 12.3. The smallest absolute Gasteiger partial charge is 0.540 e. The van der Waals surface area contributed by atoms with Gasteiger partial charge in [0.15, 0.2) is 0 Å². The van der Waals surface area contributed by atoms with Crippen LogP contribution < -0.4 is 5.32 Å². The standard InChI is InChI=1S/C11H18N3O2.Y/c1-8-5-13-6-10(2,12-4)9(16)14(13)11(8,3)7-15;/h8,12H,5-6H2,1-4H3;/q-1;+3. The summed E-state index contributed by atoms with van der Waals surface area (Å²) in [5.41, 5.74) is -1.40. The van der Waals surface area contributed by atoms with Crippen LogP contribution in [0.1, 0.15) is 20.8 Å². The van der Waals surface area contributed by atoms with Gasteiger partial charge in [0, 0.05) is 13.1 Å². The normalized spacial score (nSPS) is 41.3. The van der Waals surface area contributed by atoms with Crippen LogP contribution in [0.15, 0.2) is 0 Å². The minimum Gasteiger partial charge on any atom is -0.540 e. The number of nitrogens with one attached hydrogen (secondary N) is 1. The van der Waals surface area contributed by atoms with E-state index >= 15 is 0 Å². The second-order valence-corrected chi connectivity index (χ2v) is 5.20. The minimum absolute atomic E-state index is 0. The number of carbonyl (C=O) groups excluding carboxylic acids is 2. The zero-order valence-electron chi connectivity index (χ0n) is 10.8. The van der Waals surface area contributed by atoms with Crippen molar-refractivity contribution in [2.75, 3.05) is 20.1 Å². The van der Waals surface area contributed by atoms with E-state index in [9.17, 15) is 9.59 Å². The van der Waals surface area contributed by atoms with Gasteiger partial charge in [-0.2, -0.15) is 0 Å². The zero-order chi connectivity index (χ0) is 12.1. The molecule has 2 saturated heterocycles. The number of fused-ring (bicyclic) bond motifs is 1. The Morgan fingerprint density at radius 3 is 2.53 bits per heavy atom. The molecule has 0 radical (unpaired) electrons. The van der Waals surface area contributed by atoms with Crippen molar-refractivity contribution in [2.24, 2.45) is 5.92 Å². The van der Waals surface area contributed by atoms with Crippen molar-refractivity contribution >= 4 is 12.2 Å². The molecular formula is C11H18N3O2Y+2. The van der Waals surface area contributed by atoms with Crippen LogP contribution in [0.2, 0.25) is 0 Å². The van der Waals surface area contributed by atoms with Gasteiger partial charge in [-0.1, -0.05) is 13.8 Å². The number of hydrogen-bond acceptors (Lipinski definition) is 4. The Labute approximate surface area is 127 Å². The Bertz CT molecular complexity index is 352. The molecule has 1 amide bonds. The summed E-state index contributed by atoms with van der Waals surface area (Å²) in [7, 11) is 1.77. The molecule has 0 aromatic rings. The quantitative estimate of drug-likeness (QED) is 0.701. The second kappa shape index (κ2) is 4.69. The molecule has 0 aromatic heterocycles. The number of rotatable bonds is 2. The molecule has 3 unspecified atom stereocenters. The third kappa shape index (κ3) is 1.91. The molecule has 3 atom stereocenters. The van der Waals surface area contributed by atoms with Crippen LogP contribution >= 0.6 is 0 Å². The fourth-order valence-corrected chi connectivity index (χ4v) is 2.55. The van der Waals surface area contributed by atoms with E-state index in [1.807, 2.05) is 25.1 Å². The van der Waals surface area contributed by atoms with E-state index in [-0.39, 0.29) is 44.5 Å². The number of nitrogens with zero attached hydrogens (tertiary/aromatic N) is 2. The van der Waals surface area contributed by atoms with E-state index in [1.54, 1.807) is 19.0 Å². The SMILES string of the molecule is CNC1(C)CN2CC(C)C(C)([C-]=O)N2C1=O.[Y+3]. The molecule has 17 heavy (non-hydrogen) atoms. The molecule has 5 nitrogen and oxygen atoms in total. The van der Waals surface area contributed by atoms with E-state index in [0.717, 1.165) is 6.54 Å². The first-order valence-electron chi connectivity index (χ1n) is 5.57. The van der Waals surface area contributed by atoms with Gasteiger partial charge in [-0.05, 0) is 25.4 Å². The summed E-state index contributed by atoms with van der Waals surface area (Å²) in [6, 6.07) is 0. The van der Waals surface area contributed by atoms with Crippen molar-refractivity contribution in [3.63, 3.8) is 0 Å². The van der Waals surface area contributed by atoms with Crippen molar-refractivity contribution < 1.29 is 42.3 Å². The van der Waals surface area contributed by atoms with Gasteiger partial charge in [0.05, 0.1) is 0 Å². The summed E-state index contributed by atoms with van der Waals surface area (Å²) in [6.07, 6.45) is 2.04. The van der Waals surface area contributed by atoms with Crippen molar-refractivity contribution in [1.29, 1.82) is 0 Å². The molecule has 6 heteroatoms. The molecule has 90 valence electrons.